The standard InChI is InChI=1S/C13H14N6S.CH4/c1-10-14-13(17-15-10)20-9-19-8-12(16-18-19)7-11-5-3-2-4-6-11;/h2-6,8H,7,9H2,1H3,(H,14,15,17);1H4. The number of hydrogen-bond donors (Lipinski definition) is 1. The van der Waals surface area contributed by atoms with E-state index >= 15 is 0 Å². The van der Waals surface area contributed by atoms with Crippen molar-refractivity contribution in [1.82, 2.24) is 30.2 Å². The topological polar surface area (TPSA) is 72.3 Å². The summed E-state index contributed by atoms with van der Waals surface area (Å²) in [5, 5.41) is 15.9. The Bertz CT molecular complexity index is 676. The first-order chi connectivity index (χ1) is 9.79. The van der Waals surface area contributed by atoms with E-state index in [0.29, 0.717) is 5.88 Å². The highest BCUT2D eigenvalue weighted by Crippen LogP contribution is 2.14. The molecule has 6 nitrogen and oxygen atoms in total. The summed E-state index contributed by atoms with van der Waals surface area (Å²) >= 11 is 1.52. The van der Waals surface area contributed by atoms with Crippen molar-refractivity contribution in [3.63, 3.8) is 0 Å². The van der Waals surface area contributed by atoms with Crippen molar-refractivity contribution in [2.75, 3.05) is 0 Å². The minimum absolute atomic E-state index is 0. The molecule has 0 radical (unpaired) electrons. The van der Waals surface area contributed by atoms with Crippen LogP contribution in [0.3, 0.4) is 0 Å². The zero-order chi connectivity index (χ0) is 13.8. The van der Waals surface area contributed by atoms with Crippen LogP contribution in [0.25, 0.3) is 0 Å². The predicted octanol–water partition coefficient (Wildman–Crippen LogP) is 2.68. The van der Waals surface area contributed by atoms with Gasteiger partial charge in [-0.15, -0.1) is 10.2 Å². The fourth-order valence-corrected chi connectivity index (χ4v) is 2.48. The third-order valence-corrected chi connectivity index (χ3v) is 3.55. The van der Waals surface area contributed by atoms with Crippen LogP contribution in [-0.2, 0) is 12.3 Å². The molecule has 2 heterocycles. The lowest BCUT2D eigenvalue weighted by Gasteiger charge is -1.96. The number of nitrogens with one attached hydrogen (secondary N) is 1. The predicted molar refractivity (Wildman–Crippen MR) is 83.0 cm³/mol. The molecule has 0 aliphatic heterocycles. The van der Waals surface area contributed by atoms with Crippen LogP contribution in [0.4, 0.5) is 0 Å². The Kier molecular flexibility index (Phi) is 5.10. The van der Waals surface area contributed by atoms with Gasteiger partial charge in [-0.1, -0.05) is 54.7 Å². The van der Waals surface area contributed by atoms with Crippen molar-refractivity contribution >= 4 is 11.8 Å². The molecule has 1 aromatic carbocycles. The smallest absolute Gasteiger partial charge is 0.210 e. The van der Waals surface area contributed by atoms with Crippen LogP contribution < -0.4 is 0 Å². The van der Waals surface area contributed by atoms with Gasteiger partial charge in [0, 0.05) is 12.6 Å². The quantitative estimate of drug-likeness (QED) is 0.734. The van der Waals surface area contributed by atoms with E-state index in [0.717, 1.165) is 23.1 Å². The molecule has 0 aliphatic carbocycles. The molecule has 0 spiro atoms. The lowest BCUT2D eigenvalue weighted by molar-refractivity contribution is 0.698. The van der Waals surface area contributed by atoms with Crippen LogP contribution >= 0.6 is 11.8 Å². The Hall–Kier alpha value is -2.15. The normalized spacial score (nSPS) is 10.3. The Labute approximate surface area is 128 Å². The number of thioether (sulfide) groups is 1. The summed E-state index contributed by atoms with van der Waals surface area (Å²) < 4.78 is 1.80. The largest absolute Gasteiger partial charge is 0.262 e. The van der Waals surface area contributed by atoms with Crippen LogP contribution in [0.1, 0.15) is 24.5 Å². The molecular weight excluding hydrogens is 284 g/mol. The van der Waals surface area contributed by atoms with Gasteiger partial charge in [0.05, 0.1) is 11.6 Å². The number of hydrogen-bond acceptors (Lipinski definition) is 5. The Morgan fingerprint density at radius 1 is 1.24 bits per heavy atom. The second-order valence-corrected chi connectivity index (χ2v) is 5.30. The second kappa shape index (κ2) is 7.03. The lowest BCUT2D eigenvalue weighted by atomic mass is 10.1. The fraction of sp³-hybridized carbons (Fsp3) is 0.286. The minimum Gasteiger partial charge on any atom is -0.262 e. The van der Waals surface area contributed by atoms with Crippen molar-refractivity contribution in [2.24, 2.45) is 0 Å². The van der Waals surface area contributed by atoms with Crippen LogP contribution in [0.2, 0.25) is 0 Å². The van der Waals surface area contributed by atoms with Crippen LogP contribution in [-0.4, -0.2) is 30.2 Å². The molecule has 0 aliphatic rings. The molecule has 3 rings (SSSR count). The van der Waals surface area contributed by atoms with E-state index in [4.69, 9.17) is 0 Å². The third kappa shape index (κ3) is 4.16. The van der Waals surface area contributed by atoms with Gasteiger partial charge in [0.2, 0.25) is 5.16 Å². The van der Waals surface area contributed by atoms with Crippen molar-refractivity contribution in [1.29, 1.82) is 0 Å². The highest BCUT2D eigenvalue weighted by atomic mass is 32.2. The number of aromatic nitrogens is 6. The number of nitrogens with zero attached hydrogens (tertiary/aromatic N) is 5. The van der Waals surface area contributed by atoms with Crippen molar-refractivity contribution in [3.8, 4) is 0 Å². The first-order valence-corrected chi connectivity index (χ1v) is 7.23. The number of aromatic amines is 1. The molecule has 0 atom stereocenters. The Morgan fingerprint density at radius 2 is 2.05 bits per heavy atom. The molecule has 7 heteroatoms. The highest BCUT2D eigenvalue weighted by molar-refractivity contribution is 7.98. The van der Waals surface area contributed by atoms with Gasteiger partial charge < -0.3 is 0 Å². The zero-order valence-corrected chi connectivity index (χ0v) is 11.8. The van der Waals surface area contributed by atoms with Gasteiger partial charge in [-0.05, 0) is 12.5 Å². The van der Waals surface area contributed by atoms with Gasteiger partial charge >= 0.3 is 0 Å². The van der Waals surface area contributed by atoms with Gasteiger partial charge in [-0.25, -0.2) is 9.67 Å². The average Bonchev–Trinajstić information content (AvgIpc) is 3.07. The van der Waals surface area contributed by atoms with Gasteiger partial charge in [0.1, 0.15) is 5.82 Å². The first kappa shape index (κ1) is 15.2. The summed E-state index contributed by atoms with van der Waals surface area (Å²) in [4.78, 5) is 4.24. The maximum absolute atomic E-state index is 4.24. The van der Waals surface area contributed by atoms with E-state index in [9.17, 15) is 0 Å². The molecule has 3 aromatic rings. The molecular formula is C14H18N6S. The average molecular weight is 302 g/mol. The van der Waals surface area contributed by atoms with E-state index in [1.54, 1.807) is 4.68 Å². The molecule has 0 amide bonds. The Morgan fingerprint density at radius 3 is 2.76 bits per heavy atom. The summed E-state index contributed by atoms with van der Waals surface area (Å²) in [7, 11) is 0. The van der Waals surface area contributed by atoms with E-state index in [-0.39, 0.29) is 7.43 Å². The van der Waals surface area contributed by atoms with Crippen LogP contribution in [0, 0.1) is 6.92 Å². The maximum Gasteiger partial charge on any atom is 0.210 e. The number of rotatable bonds is 5. The van der Waals surface area contributed by atoms with Gasteiger partial charge in [-0.3, -0.25) is 5.10 Å². The number of H-pyrrole nitrogens is 1. The van der Waals surface area contributed by atoms with Crippen molar-refractivity contribution in [2.45, 2.75) is 31.8 Å². The van der Waals surface area contributed by atoms with E-state index in [2.05, 4.69) is 37.6 Å². The monoisotopic (exact) mass is 302 g/mol. The molecule has 0 saturated carbocycles. The number of benzene rings is 1. The van der Waals surface area contributed by atoms with Gasteiger partial charge in [0.15, 0.2) is 0 Å². The summed E-state index contributed by atoms with van der Waals surface area (Å²) in [6.07, 6.45) is 2.75. The molecule has 21 heavy (non-hydrogen) atoms. The molecule has 2 aromatic heterocycles. The first-order valence-electron chi connectivity index (χ1n) is 6.24. The molecule has 1 N–H and O–H groups in total. The summed E-state index contributed by atoms with van der Waals surface area (Å²) in [5.41, 5.74) is 2.19. The summed E-state index contributed by atoms with van der Waals surface area (Å²) in [6.45, 7) is 1.88. The minimum atomic E-state index is 0. The van der Waals surface area contributed by atoms with E-state index in [1.807, 2.05) is 31.3 Å². The molecule has 0 fully saturated rings. The number of aryl methyl sites for hydroxylation is 1. The van der Waals surface area contributed by atoms with E-state index in [1.165, 1.54) is 17.3 Å². The van der Waals surface area contributed by atoms with E-state index < -0.39 is 0 Å². The SMILES string of the molecule is C.Cc1nc(SCn2cc(Cc3ccccc3)nn2)n[nH]1. The van der Waals surface area contributed by atoms with Gasteiger partial charge in [0.25, 0.3) is 0 Å². The molecule has 0 bridgehead atoms. The third-order valence-electron chi connectivity index (χ3n) is 2.72. The van der Waals surface area contributed by atoms with Gasteiger partial charge in [-0.2, -0.15) is 0 Å². The van der Waals surface area contributed by atoms with Crippen molar-refractivity contribution in [3.05, 3.63) is 53.6 Å². The maximum atomic E-state index is 4.24. The molecule has 0 saturated heterocycles. The molecule has 0 unspecified atom stereocenters. The zero-order valence-electron chi connectivity index (χ0n) is 11.0. The Balaban J connectivity index is 0.00000161. The summed E-state index contributed by atoms with van der Waals surface area (Å²) in [5.74, 6) is 1.47. The van der Waals surface area contributed by atoms with Crippen molar-refractivity contribution < 1.29 is 0 Å². The molecule has 110 valence electrons. The second-order valence-electron chi connectivity index (χ2n) is 4.39. The lowest BCUT2D eigenvalue weighted by Crippen LogP contribution is -1.95. The van der Waals surface area contributed by atoms with Crippen LogP contribution in [0.5, 0.6) is 0 Å². The van der Waals surface area contributed by atoms with Crippen LogP contribution in [0.15, 0.2) is 41.7 Å². The fourth-order valence-electron chi connectivity index (χ4n) is 1.80. The highest BCUT2D eigenvalue weighted by Gasteiger charge is 2.04. The summed E-state index contributed by atoms with van der Waals surface area (Å²) in [6, 6.07) is 10.2.